The molecule has 0 atom stereocenters. The van der Waals surface area contributed by atoms with Crippen molar-refractivity contribution in [3.8, 4) is 0 Å². The van der Waals surface area contributed by atoms with E-state index in [4.69, 9.17) is 0 Å². The minimum atomic E-state index is 0.704. The topological polar surface area (TPSA) is 12.0 Å². The summed E-state index contributed by atoms with van der Waals surface area (Å²) in [5.41, 5.74) is 2.67. The maximum absolute atomic E-state index is 4.05. The second kappa shape index (κ2) is 8.39. The van der Waals surface area contributed by atoms with E-state index in [9.17, 15) is 0 Å². The molecule has 0 unspecified atom stereocenters. The van der Waals surface area contributed by atoms with Gasteiger partial charge in [-0.25, -0.2) is 0 Å². The number of thioether (sulfide) groups is 1. The first kappa shape index (κ1) is 15.3. The first-order valence-corrected chi connectivity index (χ1v) is 7.69. The highest BCUT2D eigenvalue weighted by Gasteiger charge is 1.99. The van der Waals surface area contributed by atoms with Crippen LogP contribution >= 0.6 is 11.8 Å². The molecule has 0 amide bonds. The molecular weight excluding hydrogens is 238 g/mol. The van der Waals surface area contributed by atoms with Crippen LogP contribution in [0.25, 0.3) is 0 Å². The van der Waals surface area contributed by atoms with Crippen LogP contribution in [0.3, 0.4) is 0 Å². The van der Waals surface area contributed by atoms with Gasteiger partial charge in [0.2, 0.25) is 0 Å². The molecule has 18 heavy (non-hydrogen) atoms. The van der Waals surface area contributed by atoms with Crippen LogP contribution in [0.5, 0.6) is 0 Å². The molecule has 1 N–H and O–H groups in total. The first-order valence-electron chi connectivity index (χ1n) is 6.71. The van der Waals surface area contributed by atoms with Crippen molar-refractivity contribution in [2.75, 3.05) is 12.3 Å². The summed E-state index contributed by atoms with van der Waals surface area (Å²) in [7, 11) is 0. The van der Waals surface area contributed by atoms with E-state index in [1.165, 1.54) is 16.0 Å². The van der Waals surface area contributed by atoms with Gasteiger partial charge in [0.1, 0.15) is 0 Å². The summed E-state index contributed by atoms with van der Waals surface area (Å²) in [6, 6.07) is 8.79. The van der Waals surface area contributed by atoms with E-state index in [0.717, 1.165) is 25.3 Å². The van der Waals surface area contributed by atoms with Crippen LogP contribution in [0.2, 0.25) is 0 Å². The number of hydrogen-bond donors (Lipinski definition) is 1. The van der Waals surface area contributed by atoms with Crippen molar-refractivity contribution in [1.82, 2.24) is 5.32 Å². The zero-order chi connectivity index (χ0) is 13.4. The molecule has 0 aliphatic heterocycles. The molecule has 0 bridgehead atoms. The Hall–Kier alpha value is -0.730. The Morgan fingerprint density at radius 3 is 2.83 bits per heavy atom. The Morgan fingerprint density at radius 1 is 1.39 bits per heavy atom. The summed E-state index contributed by atoms with van der Waals surface area (Å²) >= 11 is 1.88. The van der Waals surface area contributed by atoms with Gasteiger partial charge in [0.05, 0.1) is 0 Å². The summed E-state index contributed by atoms with van der Waals surface area (Å²) in [4.78, 5) is 1.34. The average Bonchev–Trinajstić information content (AvgIpc) is 2.36. The second-order valence-corrected chi connectivity index (χ2v) is 6.11. The molecular formula is C16H25NS. The van der Waals surface area contributed by atoms with Gasteiger partial charge in [-0.1, -0.05) is 45.1 Å². The molecule has 1 aromatic rings. The molecule has 100 valence electrons. The largest absolute Gasteiger partial charge is 0.312 e. The van der Waals surface area contributed by atoms with Crippen molar-refractivity contribution in [1.29, 1.82) is 0 Å². The van der Waals surface area contributed by atoms with Gasteiger partial charge in [-0.3, -0.25) is 0 Å². The fourth-order valence-electron chi connectivity index (χ4n) is 1.54. The standard InChI is InChI=1S/C16H25NS/c1-5-14(4)12-18-16-8-6-7-15(9-16)11-17-10-13(2)3/h6-9,13,17H,4-5,10-12H2,1-3H3. The van der Waals surface area contributed by atoms with Gasteiger partial charge < -0.3 is 5.32 Å². The van der Waals surface area contributed by atoms with Crippen molar-refractivity contribution in [2.24, 2.45) is 5.92 Å². The lowest BCUT2D eigenvalue weighted by atomic mass is 10.2. The third-order valence-electron chi connectivity index (χ3n) is 2.72. The van der Waals surface area contributed by atoms with Gasteiger partial charge >= 0.3 is 0 Å². The Bertz CT molecular complexity index is 371. The second-order valence-electron chi connectivity index (χ2n) is 5.06. The Labute approximate surface area is 116 Å². The maximum Gasteiger partial charge on any atom is 0.0206 e. The lowest BCUT2D eigenvalue weighted by molar-refractivity contribution is 0.552. The molecule has 0 aliphatic carbocycles. The molecule has 1 rings (SSSR count). The van der Waals surface area contributed by atoms with Gasteiger partial charge in [-0.15, -0.1) is 11.8 Å². The Kier molecular flexibility index (Phi) is 7.14. The highest BCUT2D eigenvalue weighted by Crippen LogP contribution is 2.22. The van der Waals surface area contributed by atoms with Crippen LogP contribution < -0.4 is 5.32 Å². The number of hydrogen-bond acceptors (Lipinski definition) is 2. The molecule has 0 spiro atoms. The molecule has 0 radical (unpaired) electrons. The molecule has 0 fully saturated rings. The summed E-state index contributed by atoms with van der Waals surface area (Å²) in [5, 5.41) is 3.48. The molecule has 0 heterocycles. The number of benzene rings is 1. The van der Waals surface area contributed by atoms with E-state index in [0.29, 0.717) is 5.92 Å². The quantitative estimate of drug-likeness (QED) is 0.548. The van der Waals surface area contributed by atoms with E-state index in [-0.39, 0.29) is 0 Å². The minimum Gasteiger partial charge on any atom is -0.312 e. The first-order chi connectivity index (χ1) is 8.61. The fraction of sp³-hybridized carbons (Fsp3) is 0.500. The predicted molar refractivity (Wildman–Crippen MR) is 83.1 cm³/mol. The minimum absolute atomic E-state index is 0.704. The lowest BCUT2D eigenvalue weighted by Crippen LogP contribution is -2.18. The van der Waals surface area contributed by atoms with Crippen LogP contribution in [-0.2, 0) is 6.54 Å². The van der Waals surface area contributed by atoms with Crippen molar-refractivity contribution >= 4 is 11.8 Å². The summed E-state index contributed by atoms with van der Waals surface area (Å²) in [6.07, 6.45) is 1.07. The normalized spacial score (nSPS) is 10.9. The van der Waals surface area contributed by atoms with Crippen LogP contribution in [0, 0.1) is 5.92 Å². The SMILES string of the molecule is C=C(CC)CSc1cccc(CNCC(C)C)c1. The summed E-state index contributed by atoms with van der Waals surface area (Å²) in [6.45, 7) is 12.7. The zero-order valence-electron chi connectivity index (χ0n) is 11.8. The van der Waals surface area contributed by atoms with Crippen molar-refractivity contribution in [3.05, 3.63) is 42.0 Å². The predicted octanol–water partition coefficient (Wildman–Crippen LogP) is 4.49. The van der Waals surface area contributed by atoms with Gasteiger partial charge in [0.25, 0.3) is 0 Å². The maximum atomic E-state index is 4.05. The Balaban J connectivity index is 2.43. The summed E-state index contributed by atoms with van der Waals surface area (Å²) in [5.74, 6) is 1.73. The van der Waals surface area contributed by atoms with Crippen molar-refractivity contribution in [3.63, 3.8) is 0 Å². The van der Waals surface area contributed by atoms with Gasteiger partial charge in [-0.2, -0.15) is 0 Å². The van der Waals surface area contributed by atoms with Crippen LogP contribution in [-0.4, -0.2) is 12.3 Å². The molecule has 1 aromatic carbocycles. The van der Waals surface area contributed by atoms with Crippen LogP contribution in [0.15, 0.2) is 41.3 Å². The smallest absolute Gasteiger partial charge is 0.0206 e. The number of rotatable bonds is 8. The van der Waals surface area contributed by atoms with E-state index in [1.807, 2.05) is 11.8 Å². The van der Waals surface area contributed by atoms with Gasteiger partial charge in [0.15, 0.2) is 0 Å². The van der Waals surface area contributed by atoms with Crippen molar-refractivity contribution < 1.29 is 0 Å². The highest BCUT2D eigenvalue weighted by molar-refractivity contribution is 7.99. The van der Waals surface area contributed by atoms with Crippen molar-refractivity contribution in [2.45, 2.75) is 38.6 Å². The van der Waals surface area contributed by atoms with Gasteiger partial charge in [-0.05, 0) is 36.6 Å². The third-order valence-corrected chi connectivity index (χ3v) is 3.86. The van der Waals surface area contributed by atoms with Crippen LogP contribution in [0.1, 0.15) is 32.8 Å². The molecule has 0 saturated heterocycles. The number of nitrogens with one attached hydrogen (secondary N) is 1. The average molecular weight is 263 g/mol. The zero-order valence-corrected chi connectivity index (χ0v) is 12.6. The van der Waals surface area contributed by atoms with E-state index in [2.05, 4.69) is 56.9 Å². The molecule has 0 aromatic heterocycles. The van der Waals surface area contributed by atoms with Crippen LogP contribution in [0.4, 0.5) is 0 Å². The third kappa shape index (κ3) is 6.27. The Morgan fingerprint density at radius 2 is 2.17 bits per heavy atom. The molecule has 1 nitrogen and oxygen atoms in total. The lowest BCUT2D eigenvalue weighted by Gasteiger charge is -2.09. The molecule has 0 saturated carbocycles. The summed E-state index contributed by atoms with van der Waals surface area (Å²) < 4.78 is 0. The van der Waals surface area contributed by atoms with E-state index in [1.54, 1.807) is 0 Å². The highest BCUT2D eigenvalue weighted by atomic mass is 32.2. The monoisotopic (exact) mass is 263 g/mol. The molecule has 2 heteroatoms. The fourth-order valence-corrected chi connectivity index (χ4v) is 2.52. The van der Waals surface area contributed by atoms with Gasteiger partial charge in [0, 0.05) is 17.2 Å². The van der Waals surface area contributed by atoms with E-state index >= 15 is 0 Å². The molecule has 0 aliphatic rings. The van der Waals surface area contributed by atoms with E-state index < -0.39 is 0 Å².